The Kier molecular flexibility index (Phi) is 4.43. The molecular weight excluding hydrogens is 309 g/mol. The van der Waals surface area contributed by atoms with Gasteiger partial charge in [0, 0.05) is 4.90 Å². The summed E-state index contributed by atoms with van der Waals surface area (Å²) in [4.78, 5) is 11.8. The molecule has 0 bridgehead atoms. The Hall–Kier alpha value is -0.750. The molecule has 0 spiro atoms. The highest BCUT2D eigenvalue weighted by Crippen LogP contribution is 2.27. The molecule has 0 aliphatic rings. The van der Waals surface area contributed by atoms with Crippen molar-refractivity contribution < 1.29 is 13.9 Å². The van der Waals surface area contributed by atoms with Crippen LogP contribution in [0.3, 0.4) is 0 Å². The van der Waals surface area contributed by atoms with Crippen LogP contribution in [0.25, 0.3) is 0 Å². The second-order valence-electron chi connectivity index (χ2n) is 4.41. The monoisotopic (exact) mass is 321 g/mol. The van der Waals surface area contributed by atoms with Crippen molar-refractivity contribution in [2.75, 3.05) is 5.32 Å². The summed E-state index contributed by atoms with van der Waals surface area (Å²) in [5, 5.41) is 2.50. The molecule has 0 aliphatic carbocycles. The van der Waals surface area contributed by atoms with Gasteiger partial charge >= 0.3 is 6.09 Å². The maximum absolute atomic E-state index is 13.1. The lowest BCUT2D eigenvalue weighted by molar-refractivity contribution is 0.0635. The minimum absolute atomic E-state index is 0.251. The number of ether oxygens (including phenoxy) is 1. The largest absolute Gasteiger partial charge is 0.444 e. The van der Waals surface area contributed by atoms with E-state index in [2.05, 4.69) is 33.9 Å². The molecule has 3 nitrogen and oxygen atoms in total. The quantitative estimate of drug-likeness (QED) is 0.760. The smallest absolute Gasteiger partial charge is 0.412 e. The number of thiol groups is 1. The van der Waals surface area contributed by atoms with Gasteiger partial charge in [-0.3, -0.25) is 5.32 Å². The Morgan fingerprint density at radius 1 is 1.47 bits per heavy atom. The predicted octanol–water partition coefficient (Wildman–Crippen LogP) is 4.22. The molecule has 0 heterocycles. The van der Waals surface area contributed by atoms with E-state index in [4.69, 9.17) is 4.74 Å². The zero-order chi connectivity index (χ0) is 13.2. The molecule has 0 aromatic heterocycles. The fourth-order valence-corrected chi connectivity index (χ4v) is 1.63. The SMILES string of the molecule is CC(C)(C)OC(=O)Nc1cc(Br)c(F)cc1S. The average Bonchev–Trinajstić information content (AvgIpc) is 2.11. The fraction of sp³-hybridized carbons (Fsp3) is 0.364. The number of benzene rings is 1. The van der Waals surface area contributed by atoms with Crippen molar-refractivity contribution in [1.29, 1.82) is 0 Å². The summed E-state index contributed by atoms with van der Waals surface area (Å²) >= 11 is 7.10. The van der Waals surface area contributed by atoms with Gasteiger partial charge in [0.25, 0.3) is 0 Å². The second-order valence-corrected chi connectivity index (χ2v) is 5.75. The highest BCUT2D eigenvalue weighted by atomic mass is 79.9. The number of nitrogens with one attached hydrogen (secondary N) is 1. The maximum atomic E-state index is 13.1. The van der Waals surface area contributed by atoms with Crippen LogP contribution in [0.2, 0.25) is 0 Å². The van der Waals surface area contributed by atoms with Crippen molar-refractivity contribution in [3.05, 3.63) is 22.4 Å². The van der Waals surface area contributed by atoms with Gasteiger partial charge in [0.15, 0.2) is 0 Å². The number of anilines is 1. The Labute approximate surface area is 113 Å². The molecule has 94 valence electrons. The minimum Gasteiger partial charge on any atom is -0.444 e. The summed E-state index contributed by atoms with van der Waals surface area (Å²) in [5.74, 6) is -0.440. The minimum atomic E-state index is -0.605. The van der Waals surface area contributed by atoms with Gasteiger partial charge in [-0.15, -0.1) is 12.6 Å². The van der Waals surface area contributed by atoms with Gasteiger partial charge in [0.05, 0.1) is 10.2 Å². The Morgan fingerprint density at radius 3 is 2.59 bits per heavy atom. The molecule has 0 radical (unpaired) electrons. The maximum Gasteiger partial charge on any atom is 0.412 e. The van der Waals surface area contributed by atoms with Crippen LogP contribution < -0.4 is 5.32 Å². The molecule has 0 unspecified atom stereocenters. The van der Waals surface area contributed by atoms with Crippen molar-refractivity contribution >= 4 is 40.3 Å². The normalized spacial score (nSPS) is 11.2. The van der Waals surface area contributed by atoms with Crippen LogP contribution in [0.1, 0.15) is 20.8 Å². The highest BCUT2D eigenvalue weighted by Gasteiger charge is 2.17. The average molecular weight is 322 g/mol. The molecule has 0 fully saturated rings. The van der Waals surface area contributed by atoms with Gasteiger partial charge in [0.1, 0.15) is 11.4 Å². The third kappa shape index (κ3) is 4.55. The molecule has 1 aromatic rings. The van der Waals surface area contributed by atoms with Crippen LogP contribution >= 0.6 is 28.6 Å². The molecule has 6 heteroatoms. The van der Waals surface area contributed by atoms with Crippen molar-refractivity contribution in [1.82, 2.24) is 0 Å². The zero-order valence-electron chi connectivity index (χ0n) is 9.67. The van der Waals surface area contributed by atoms with Gasteiger partial charge in [-0.2, -0.15) is 0 Å². The Balaban J connectivity index is 2.82. The van der Waals surface area contributed by atoms with E-state index in [0.29, 0.717) is 10.6 Å². The first-order chi connectivity index (χ1) is 7.69. The molecule has 1 N–H and O–H groups in total. The first-order valence-corrected chi connectivity index (χ1v) is 6.11. The van der Waals surface area contributed by atoms with Crippen LogP contribution in [0.15, 0.2) is 21.5 Å². The van der Waals surface area contributed by atoms with E-state index in [-0.39, 0.29) is 4.47 Å². The summed E-state index contributed by atoms with van der Waals surface area (Å²) < 4.78 is 18.5. The number of halogens is 2. The van der Waals surface area contributed by atoms with Gasteiger partial charge in [0.2, 0.25) is 0 Å². The third-order valence-corrected chi connectivity index (χ3v) is 2.65. The molecule has 1 amide bonds. The van der Waals surface area contributed by atoms with Crippen LogP contribution in [0.5, 0.6) is 0 Å². The molecule has 1 aromatic carbocycles. The van der Waals surface area contributed by atoms with Crippen LogP contribution in [0.4, 0.5) is 14.9 Å². The van der Waals surface area contributed by atoms with Gasteiger partial charge in [-0.05, 0) is 48.8 Å². The highest BCUT2D eigenvalue weighted by molar-refractivity contribution is 9.10. The lowest BCUT2D eigenvalue weighted by atomic mass is 10.2. The van der Waals surface area contributed by atoms with E-state index in [1.807, 2.05) is 0 Å². The molecule has 0 aliphatic heterocycles. The molecule has 17 heavy (non-hydrogen) atoms. The number of rotatable bonds is 1. The molecule has 0 atom stereocenters. The Morgan fingerprint density at radius 2 is 2.06 bits per heavy atom. The molecule has 1 rings (SSSR count). The van der Waals surface area contributed by atoms with Gasteiger partial charge in [-0.1, -0.05) is 0 Å². The lowest BCUT2D eigenvalue weighted by Gasteiger charge is -2.20. The van der Waals surface area contributed by atoms with Gasteiger partial charge < -0.3 is 4.74 Å². The second kappa shape index (κ2) is 5.27. The fourth-order valence-electron chi connectivity index (χ4n) is 1.05. The first-order valence-electron chi connectivity index (χ1n) is 4.87. The lowest BCUT2D eigenvalue weighted by Crippen LogP contribution is -2.27. The van der Waals surface area contributed by atoms with E-state index >= 15 is 0 Å². The van der Waals surface area contributed by atoms with Crippen molar-refractivity contribution in [2.24, 2.45) is 0 Å². The van der Waals surface area contributed by atoms with E-state index in [1.165, 1.54) is 12.1 Å². The van der Waals surface area contributed by atoms with Gasteiger partial charge in [-0.25, -0.2) is 9.18 Å². The summed E-state index contributed by atoms with van der Waals surface area (Å²) in [6.45, 7) is 5.28. The van der Waals surface area contributed by atoms with Crippen molar-refractivity contribution in [3.63, 3.8) is 0 Å². The van der Waals surface area contributed by atoms with E-state index < -0.39 is 17.5 Å². The number of carbonyl (C=O) groups is 1. The topological polar surface area (TPSA) is 38.3 Å². The summed E-state index contributed by atoms with van der Waals surface area (Å²) in [6, 6.07) is 2.64. The van der Waals surface area contributed by atoms with Crippen molar-refractivity contribution in [2.45, 2.75) is 31.3 Å². The number of hydrogen-bond donors (Lipinski definition) is 2. The number of amides is 1. The van der Waals surface area contributed by atoms with E-state index in [1.54, 1.807) is 20.8 Å². The molecule has 0 saturated carbocycles. The van der Waals surface area contributed by atoms with E-state index in [0.717, 1.165) is 0 Å². The zero-order valence-corrected chi connectivity index (χ0v) is 12.2. The summed E-state index contributed by atoms with van der Waals surface area (Å²) in [7, 11) is 0. The van der Waals surface area contributed by atoms with Crippen LogP contribution in [0, 0.1) is 5.82 Å². The predicted molar refractivity (Wildman–Crippen MR) is 71.2 cm³/mol. The third-order valence-electron chi connectivity index (χ3n) is 1.67. The van der Waals surface area contributed by atoms with Crippen molar-refractivity contribution in [3.8, 4) is 0 Å². The van der Waals surface area contributed by atoms with Crippen LogP contribution in [-0.4, -0.2) is 11.7 Å². The summed E-state index contributed by atoms with van der Waals surface area (Å²) in [6.07, 6.45) is -0.605. The number of hydrogen-bond acceptors (Lipinski definition) is 3. The number of carbonyl (C=O) groups excluding carboxylic acids is 1. The first kappa shape index (κ1) is 14.3. The Bertz CT molecular complexity index is 446. The molecular formula is C11H13BrFNO2S. The summed E-state index contributed by atoms with van der Waals surface area (Å²) in [5.41, 5.74) is -0.200. The standard InChI is InChI=1S/C11H13BrFNO2S/c1-11(2,3)16-10(15)14-8-4-6(12)7(13)5-9(8)17/h4-5,17H,1-3H3,(H,14,15). The van der Waals surface area contributed by atoms with E-state index in [9.17, 15) is 9.18 Å². The molecule has 0 saturated heterocycles. The van der Waals surface area contributed by atoms with Crippen LogP contribution in [-0.2, 0) is 4.74 Å².